The van der Waals surface area contributed by atoms with E-state index < -0.39 is 0 Å². The van der Waals surface area contributed by atoms with Crippen molar-refractivity contribution >= 4 is 12.2 Å². The first-order valence-electron chi connectivity index (χ1n) is 6.19. The average Bonchev–Trinajstić information content (AvgIpc) is 2.85. The molecule has 0 saturated heterocycles. The number of para-hydroxylation sites is 1. The minimum absolute atomic E-state index is 0.246. The van der Waals surface area contributed by atoms with Gasteiger partial charge in [0.15, 0.2) is 10.6 Å². The lowest BCUT2D eigenvalue weighted by Crippen LogP contribution is -1.97. The molecule has 0 radical (unpaired) electrons. The first-order chi connectivity index (χ1) is 9.66. The maximum absolute atomic E-state index is 9.86. The molecule has 0 aliphatic heterocycles. The van der Waals surface area contributed by atoms with Crippen LogP contribution in [-0.2, 0) is 0 Å². The Hall–Kier alpha value is -2.40. The van der Waals surface area contributed by atoms with Crippen LogP contribution in [0.4, 0.5) is 0 Å². The van der Waals surface area contributed by atoms with Crippen molar-refractivity contribution in [2.75, 3.05) is 0 Å². The molecule has 100 valence electrons. The molecular weight excluding hydrogens is 270 g/mol. The fourth-order valence-corrected chi connectivity index (χ4v) is 2.29. The van der Waals surface area contributed by atoms with Crippen molar-refractivity contribution in [1.29, 1.82) is 0 Å². The Balaban J connectivity index is 2.21. The quantitative estimate of drug-likeness (QED) is 0.706. The summed E-state index contributed by atoms with van der Waals surface area (Å²) >= 11 is 5.30. The van der Waals surface area contributed by atoms with Gasteiger partial charge in [0, 0.05) is 11.3 Å². The van der Waals surface area contributed by atoms with Crippen LogP contribution in [0.3, 0.4) is 0 Å². The molecule has 5 heteroatoms. The van der Waals surface area contributed by atoms with Gasteiger partial charge in [-0.15, -0.1) is 0 Å². The van der Waals surface area contributed by atoms with Gasteiger partial charge in [-0.05, 0) is 42.9 Å². The number of phenols is 1. The number of nitrogens with zero attached hydrogens (tertiary/aromatic N) is 2. The van der Waals surface area contributed by atoms with E-state index >= 15 is 0 Å². The average molecular weight is 283 g/mol. The van der Waals surface area contributed by atoms with E-state index in [1.807, 2.05) is 54.0 Å². The number of benzene rings is 2. The second-order valence-corrected chi connectivity index (χ2v) is 4.91. The van der Waals surface area contributed by atoms with Crippen molar-refractivity contribution in [2.45, 2.75) is 6.92 Å². The zero-order valence-electron chi connectivity index (χ0n) is 10.9. The van der Waals surface area contributed by atoms with Gasteiger partial charge >= 0.3 is 0 Å². The van der Waals surface area contributed by atoms with Crippen LogP contribution in [0.2, 0.25) is 0 Å². The van der Waals surface area contributed by atoms with Gasteiger partial charge in [0.05, 0.1) is 0 Å². The third-order valence-corrected chi connectivity index (χ3v) is 3.43. The summed E-state index contributed by atoms with van der Waals surface area (Å²) < 4.78 is 2.37. The summed E-state index contributed by atoms with van der Waals surface area (Å²) in [7, 11) is 0. The van der Waals surface area contributed by atoms with Gasteiger partial charge in [-0.1, -0.05) is 30.3 Å². The minimum Gasteiger partial charge on any atom is -0.508 e. The standard InChI is InChI=1S/C15H13N3OS/c1-10-7-8-11(9-13(10)19)14-16-17-15(20)18(14)12-5-3-2-4-6-12/h2-9,19H,1H3,(H,17,20). The monoisotopic (exact) mass is 283 g/mol. The number of aromatic amines is 1. The number of hydrogen-bond donors (Lipinski definition) is 2. The first-order valence-corrected chi connectivity index (χ1v) is 6.60. The predicted octanol–water partition coefficient (Wildman–Crippen LogP) is 3.61. The molecule has 2 aromatic carbocycles. The molecule has 1 aromatic heterocycles. The molecule has 3 aromatic rings. The van der Waals surface area contributed by atoms with Crippen molar-refractivity contribution in [1.82, 2.24) is 14.8 Å². The SMILES string of the molecule is Cc1ccc(-c2n[nH]c(=S)n2-c2ccccc2)cc1O. The van der Waals surface area contributed by atoms with Gasteiger partial charge in [0.25, 0.3) is 0 Å². The number of H-pyrrole nitrogens is 1. The van der Waals surface area contributed by atoms with E-state index in [0.717, 1.165) is 16.8 Å². The van der Waals surface area contributed by atoms with Crippen molar-refractivity contribution in [3.63, 3.8) is 0 Å². The Bertz CT molecular complexity index is 805. The van der Waals surface area contributed by atoms with E-state index in [4.69, 9.17) is 12.2 Å². The predicted molar refractivity (Wildman–Crippen MR) is 80.6 cm³/mol. The second kappa shape index (κ2) is 4.94. The van der Waals surface area contributed by atoms with Crippen LogP contribution in [0.1, 0.15) is 5.56 Å². The largest absolute Gasteiger partial charge is 0.508 e. The number of aryl methyl sites for hydroxylation is 1. The molecule has 1 heterocycles. The van der Waals surface area contributed by atoms with Crippen LogP contribution < -0.4 is 0 Å². The van der Waals surface area contributed by atoms with E-state index in [2.05, 4.69) is 10.2 Å². The highest BCUT2D eigenvalue weighted by Gasteiger charge is 2.11. The number of rotatable bonds is 2. The summed E-state index contributed by atoms with van der Waals surface area (Å²) in [6.07, 6.45) is 0. The van der Waals surface area contributed by atoms with Crippen LogP contribution in [0.5, 0.6) is 5.75 Å². The molecule has 4 nitrogen and oxygen atoms in total. The lowest BCUT2D eigenvalue weighted by Gasteiger charge is -2.07. The first kappa shape index (κ1) is 12.6. The van der Waals surface area contributed by atoms with Crippen LogP contribution in [0, 0.1) is 11.7 Å². The van der Waals surface area contributed by atoms with Gasteiger partial charge < -0.3 is 5.11 Å². The van der Waals surface area contributed by atoms with Crippen LogP contribution in [-0.4, -0.2) is 19.9 Å². The number of phenolic OH excluding ortho intramolecular Hbond substituents is 1. The molecule has 20 heavy (non-hydrogen) atoms. The Morgan fingerprint density at radius 1 is 1.15 bits per heavy atom. The van der Waals surface area contributed by atoms with Gasteiger partial charge in [-0.2, -0.15) is 5.10 Å². The number of hydrogen-bond acceptors (Lipinski definition) is 3. The van der Waals surface area contributed by atoms with Crippen molar-refractivity contribution < 1.29 is 5.11 Å². The van der Waals surface area contributed by atoms with E-state index in [-0.39, 0.29) is 5.75 Å². The maximum Gasteiger partial charge on any atom is 0.200 e. The summed E-state index contributed by atoms with van der Waals surface area (Å²) in [6, 6.07) is 15.2. The zero-order chi connectivity index (χ0) is 14.1. The normalized spacial score (nSPS) is 10.7. The smallest absolute Gasteiger partial charge is 0.200 e. The zero-order valence-corrected chi connectivity index (χ0v) is 11.7. The molecule has 0 saturated carbocycles. The Kier molecular flexibility index (Phi) is 3.12. The third-order valence-electron chi connectivity index (χ3n) is 3.15. The summed E-state index contributed by atoms with van der Waals surface area (Å²) in [5, 5.41) is 16.9. The highest BCUT2D eigenvalue weighted by molar-refractivity contribution is 7.71. The molecule has 0 spiro atoms. The molecule has 3 rings (SSSR count). The molecule has 2 N–H and O–H groups in total. The van der Waals surface area contributed by atoms with Crippen molar-refractivity contribution in [3.05, 3.63) is 58.9 Å². The lowest BCUT2D eigenvalue weighted by molar-refractivity contribution is 0.471. The van der Waals surface area contributed by atoms with E-state index in [9.17, 15) is 5.11 Å². The van der Waals surface area contributed by atoms with E-state index in [0.29, 0.717) is 10.6 Å². The highest BCUT2D eigenvalue weighted by atomic mass is 32.1. The van der Waals surface area contributed by atoms with E-state index in [1.165, 1.54) is 0 Å². The second-order valence-electron chi connectivity index (χ2n) is 4.52. The number of nitrogens with one attached hydrogen (secondary N) is 1. The van der Waals surface area contributed by atoms with Crippen LogP contribution >= 0.6 is 12.2 Å². The highest BCUT2D eigenvalue weighted by Crippen LogP contribution is 2.26. The fraction of sp³-hybridized carbons (Fsp3) is 0.0667. The molecule has 0 amide bonds. The molecular formula is C15H13N3OS. The van der Waals surface area contributed by atoms with Crippen LogP contribution in [0.25, 0.3) is 17.1 Å². The number of aromatic nitrogens is 3. The van der Waals surface area contributed by atoms with Crippen molar-refractivity contribution in [2.24, 2.45) is 0 Å². The third kappa shape index (κ3) is 2.12. The molecule has 0 bridgehead atoms. The maximum atomic E-state index is 9.86. The Labute approximate surface area is 121 Å². The fourth-order valence-electron chi connectivity index (χ4n) is 2.06. The Morgan fingerprint density at radius 3 is 2.60 bits per heavy atom. The minimum atomic E-state index is 0.246. The van der Waals surface area contributed by atoms with Gasteiger partial charge in [0.1, 0.15) is 5.75 Å². The van der Waals surface area contributed by atoms with Gasteiger partial charge in [0.2, 0.25) is 0 Å². The molecule has 0 aliphatic carbocycles. The molecule has 0 atom stereocenters. The lowest BCUT2D eigenvalue weighted by atomic mass is 10.1. The van der Waals surface area contributed by atoms with E-state index in [1.54, 1.807) is 6.07 Å². The van der Waals surface area contributed by atoms with Crippen molar-refractivity contribution in [3.8, 4) is 22.8 Å². The van der Waals surface area contributed by atoms with Crippen LogP contribution in [0.15, 0.2) is 48.5 Å². The van der Waals surface area contributed by atoms with Gasteiger partial charge in [-0.25, -0.2) is 0 Å². The molecule has 0 fully saturated rings. The Morgan fingerprint density at radius 2 is 1.90 bits per heavy atom. The molecule has 0 aliphatic rings. The van der Waals surface area contributed by atoms with Gasteiger partial charge in [-0.3, -0.25) is 9.67 Å². The summed E-state index contributed by atoms with van der Waals surface area (Å²) in [5.74, 6) is 0.924. The molecule has 0 unspecified atom stereocenters. The summed E-state index contributed by atoms with van der Waals surface area (Å²) in [5.41, 5.74) is 2.57. The summed E-state index contributed by atoms with van der Waals surface area (Å²) in [4.78, 5) is 0. The summed E-state index contributed by atoms with van der Waals surface area (Å²) in [6.45, 7) is 1.85. The topological polar surface area (TPSA) is 53.8 Å². The number of aromatic hydroxyl groups is 1.